The third-order valence-electron chi connectivity index (χ3n) is 2.03. The minimum absolute atomic E-state index is 0.499. The Kier molecular flexibility index (Phi) is 5.39. The first-order chi connectivity index (χ1) is 7.13. The number of ether oxygens (including phenoxy) is 1. The van der Waals surface area contributed by atoms with Gasteiger partial charge < -0.3 is 10.1 Å². The topological polar surface area (TPSA) is 21.3 Å². The molecule has 0 spiro atoms. The van der Waals surface area contributed by atoms with E-state index in [1.54, 1.807) is 0 Å². The Bertz CT molecular complexity index is 312. The van der Waals surface area contributed by atoms with Crippen LogP contribution in [0.5, 0.6) is 5.75 Å². The molecule has 0 saturated heterocycles. The van der Waals surface area contributed by atoms with Crippen molar-refractivity contribution in [2.45, 2.75) is 33.4 Å². The molecule has 2 nitrogen and oxygen atoms in total. The Hall–Kier alpha value is -0.290. The molecule has 0 heterocycles. The van der Waals surface area contributed by atoms with Crippen LogP contribution in [0.4, 0.5) is 0 Å². The summed E-state index contributed by atoms with van der Waals surface area (Å²) in [5, 5.41) is 3.40. The van der Waals surface area contributed by atoms with Crippen LogP contribution in [0.2, 0.25) is 0 Å². The first-order valence-electron chi connectivity index (χ1n) is 5.28. The van der Waals surface area contributed by atoms with Crippen molar-refractivity contribution in [1.29, 1.82) is 0 Å². The highest BCUT2D eigenvalue weighted by atomic mass is 127. The van der Waals surface area contributed by atoms with Crippen LogP contribution in [0.3, 0.4) is 0 Å². The SMILES string of the molecule is CCOc1cc(I)ccc1CNC(C)C. The number of nitrogens with one attached hydrogen (secondary N) is 1. The Morgan fingerprint density at radius 3 is 2.73 bits per heavy atom. The Morgan fingerprint density at radius 2 is 2.13 bits per heavy atom. The fourth-order valence-electron chi connectivity index (χ4n) is 1.28. The lowest BCUT2D eigenvalue weighted by atomic mass is 10.2. The maximum absolute atomic E-state index is 5.61. The summed E-state index contributed by atoms with van der Waals surface area (Å²) in [6.07, 6.45) is 0. The van der Waals surface area contributed by atoms with Gasteiger partial charge in [0.2, 0.25) is 0 Å². The average Bonchev–Trinajstić information content (AvgIpc) is 2.17. The van der Waals surface area contributed by atoms with Gasteiger partial charge >= 0.3 is 0 Å². The van der Waals surface area contributed by atoms with Crippen LogP contribution in [-0.4, -0.2) is 12.6 Å². The predicted octanol–water partition coefficient (Wildman–Crippen LogP) is 3.19. The van der Waals surface area contributed by atoms with Crippen LogP contribution in [-0.2, 0) is 6.54 Å². The van der Waals surface area contributed by atoms with Gasteiger partial charge in [-0.3, -0.25) is 0 Å². The fraction of sp³-hybridized carbons (Fsp3) is 0.500. The molecule has 1 aromatic carbocycles. The highest BCUT2D eigenvalue weighted by molar-refractivity contribution is 14.1. The van der Waals surface area contributed by atoms with Gasteiger partial charge in [-0.05, 0) is 41.6 Å². The van der Waals surface area contributed by atoms with Gasteiger partial charge in [-0.25, -0.2) is 0 Å². The summed E-state index contributed by atoms with van der Waals surface area (Å²) >= 11 is 2.30. The van der Waals surface area contributed by atoms with Crippen molar-refractivity contribution >= 4 is 22.6 Å². The molecular formula is C12H18INO. The van der Waals surface area contributed by atoms with Gasteiger partial charge in [0.25, 0.3) is 0 Å². The Balaban J connectivity index is 2.76. The van der Waals surface area contributed by atoms with E-state index in [9.17, 15) is 0 Å². The van der Waals surface area contributed by atoms with Crippen LogP contribution in [0.15, 0.2) is 18.2 Å². The van der Waals surface area contributed by atoms with Crippen molar-refractivity contribution in [1.82, 2.24) is 5.32 Å². The molecule has 0 aliphatic carbocycles. The van der Waals surface area contributed by atoms with E-state index in [4.69, 9.17) is 4.74 Å². The molecule has 0 aliphatic rings. The van der Waals surface area contributed by atoms with Crippen molar-refractivity contribution in [3.05, 3.63) is 27.3 Å². The fourth-order valence-corrected chi connectivity index (χ4v) is 1.74. The van der Waals surface area contributed by atoms with Crippen molar-refractivity contribution in [3.63, 3.8) is 0 Å². The van der Waals surface area contributed by atoms with Gasteiger partial charge in [-0.2, -0.15) is 0 Å². The first kappa shape index (κ1) is 12.8. The summed E-state index contributed by atoms with van der Waals surface area (Å²) in [5.74, 6) is 0.998. The number of hydrogen-bond donors (Lipinski definition) is 1. The lowest BCUT2D eigenvalue weighted by Crippen LogP contribution is -2.22. The largest absolute Gasteiger partial charge is 0.494 e. The van der Waals surface area contributed by atoms with Gasteiger partial charge in [-0.1, -0.05) is 19.9 Å². The number of rotatable bonds is 5. The summed E-state index contributed by atoms with van der Waals surface area (Å²) < 4.78 is 6.82. The standard InChI is InChI=1S/C12H18INO/c1-4-15-12-7-11(13)6-5-10(12)8-14-9(2)3/h5-7,9,14H,4,8H2,1-3H3. The second-order valence-corrected chi connectivity index (χ2v) is 4.97. The molecule has 0 amide bonds. The number of benzene rings is 1. The van der Waals surface area contributed by atoms with Crippen LogP contribution in [0, 0.1) is 3.57 Å². The molecule has 1 N–H and O–H groups in total. The molecule has 0 aromatic heterocycles. The maximum atomic E-state index is 5.61. The van der Waals surface area contributed by atoms with Crippen LogP contribution in [0.25, 0.3) is 0 Å². The highest BCUT2D eigenvalue weighted by Gasteiger charge is 2.04. The molecule has 1 aromatic rings. The van der Waals surface area contributed by atoms with E-state index in [-0.39, 0.29) is 0 Å². The van der Waals surface area contributed by atoms with Crippen molar-refractivity contribution in [3.8, 4) is 5.75 Å². The highest BCUT2D eigenvalue weighted by Crippen LogP contribution is 2.21. The zero-order valence-corrected chi connectivity index (χ0v) is 11.7. The third kappa shape index (κ3) is 4.38. The van der Waals surface area contributed by atoms with Crippen molar-refractivity contribution in [2.75, 3.05) is 6.61 Å². The lowest BCUT2D eigenvalue weighted by molar-refractivity contribution is 0.334. The molecule has 0 radical (unpaired) electrons. The summed E-state index contributed by atoms with van der Waals surface area (Å²) in [4.78, 5) is 0. The zero-order valence-electron chi connectivity index (χ0n) is 9.51. The smallest absolute Gasteiger partial charge is 0.124 e. The van der Waals surface area contributed by atoms with Gasteiger partial charge in [0, 0.05) is 21.7 Å². The van der Waals surface area contributed by atoms with E-state index in [1.807, 2.05) is 6.92 Å². The molecule has 15 heavy (non-hydrogen) atoms. The number of halogens is 1. The normalized spacial score (nSPS) is 10.7. The number of hydrogen-bond acceptors (Lipinski definition) is 2. The molecule has 3 heteroatoms. The first-order valence-corrected chi connectivity index (χ1v) is 6.36. The van der Waals surface area contributed by atoms with Gasteiger partial charge in [0.05, 0.1) is 6.61 Å². The van der Waals surface area contributed by atoms with E-state index in [2.05, 4.69) is 60.0 Å². The molecule has 0 atom stereocenters. The molecule has 1 rings (SSSR count). The van der Waals surface area contributed by atoms with Crippen LogP contribution >= 0.6 is 22.6 Å². The minimum atomic E-state index is 0.499. The van der Waals surface area contributed by atoms with Crippen molar-refractivity contribution in [2.24, 2.45) is 0 Å². The van der Waals surface area contributed by atoms with E-state index in [0.29, 0.717) is 6.04 Å². The van der Waals surface area contributed by atoms with E-state index in [0.717, 1.165) is 18.9 Å². The van der Waals surface area contributed by atoms with E-state index in [1.165, 1.54) is 9.13 Å². The molecule has 0 fully saturated rings. The van der Waals surface area contributed by atoms with E-state index >= 15 is 0 Å². The maximum Gasteiger partial charge on any atom is 0.124 e. The van der Waals surface area contributed by atoms with Gasteiger partial charge in [-0.15, -0.1) is 0 Å². The molecule has 0 saturated carbocycles. The lowest BCUT2D eigenvalue weighted by Gasteiger charge is -2.13. The Morgan fingerprint density at radius 1 is 1.40 bits per heavy atom. The molecule has 0 unspecified atom stereocenters. The van der Waals surface area contributed by atoms with Crippen LogP contribution < -0.4 is 10.1 Å². The summed E-state index contributed by atoms with van der Waals surface area (Å²) in [5.41, 5.74) is 1.23. The minimum Gasteiger partial charge on any atom is -0.494 e. The second kappa shape index (κ2) is 6.33. The Labute approximate surface area is 106 Å². The van der Waals surface area contributed by atoms with Gasteiger partial charge in [0.15, 0.2) is 0 Å². The molecular weight excluding hydrogens is 301 g/mol. The zero-order chi connectivity index (χ0) is 11.3. The molecule has 0 aliphatic heterocycles. The summed E-state index contributed by atoms with van der Waals surface area (Å²) in [7, 11) is 0. The van der Waals surface area contributed by atoms with E-state index < -0.39 is 0 Å². The summed E-state index contributed by atoms with van der Waals surface area (Å²) in [6.45, 7) is 7.89. The third-order valence-corrected chi connectivity index (χ3v) is 2.70. The van der Waals surface area contributed by atoms with Crippen LogP contribution in [0.1, 0.15) is 26.3 Å². The summed E-state index contributed by atoms with van der Waals surface area (Å²) in [6, 6.07) is 6.82. The van der Waals surface area contributed by atoms with Crippen molar-refractivity contribution < 1.29 is 4.74 Å². The molecule has 0 bridgehead atoms. The quantitative estimate of drug-likeness (QED) is 0.842. The van der Waals surface area contributed by atoms with Gasteiger partial charge in [0.1, 0.15) is 5.75 Å². The monoisotopic (exact) mass is 319 g/mol. The predicted molar refractivity (Wildman–Crippen MR) is 72.3 cm³/mol. The second-order valence-electron chi connectivity index (χ2n) is 3.72. The molecule has 84 valence electrons. The average molecular weight is 319 g/mol.